The summed E-state index contributed by atoms with van der Waals surface area (Å²) in [6.07, 6.45) is 19.4. The topological polar surface area (TPSA) is 24.7 Å². The number of unbranched alkanes of at least 4 members (excludes halogenated alkanes) is 6. The molecule has 0 spiro atoms. The van der Waals surface area contributed by atoms with Gasteiger partial charge in [-0.1, -0.05) is 91.2 Å². The van der Waals surface area contributed by atoms with Crippen molar-refractivity contribution in [3.05, 3.63) is 25.6 Å². The molecule has 0 saturated heterocycles. The Labute approximate surface area is 138 Å². The Morgan fingerprint density at radius 3 is 1.91 bits per heavy atom. The highest BCUT2D eigenvalue weighted by Crippen LogP contribution is 2.22. The molecule has 0 heterocycles. The van der Waals surface area contributed by atoms with Gasteiger partial charge in [-0.15, -0.1) is 0 Å². The summed E-state index contributed by atoms with van der Waals surface area (Å²) in [4.78, 5) is 8.50. The Balaban J connectivity index is 4.44. The lowest BCUT2D eigenvalue weighted by Gasteiger charge is -2.16. The zero-order valence-corrected chi connectivity index (χ0v) is 14.9. The molecule has 2 heteroatoms. The molecule has 0 aromatic carbocycles. The molecular formula is C20H36N2. The maximum Gasteiger partial charge on any atom is 0.0588 e. The molecule has 0 N–H and O–H groups in total. The molecular weight excluding hydrogens is 268 g/mol. The zero-order valence-electron chi connectivity index (χ0n) is 14.9. The van der Waals surface area contributed by atoms with Gasteiger partial charge in [0.25, 0.3) is 0 Å². The van der Waals surface area contributed by atoms with E-state index in [0.717, 1.165) is 18.1 Å². The molecule has 22 heavy (non-hydrogen) atoms. The van der Waals surface area contributed by atoms with Crippen LogP contribution in [0.1, 0.15) is 84.5 Å². The minimum atomic E-state index is 0.726. The Bertz CT molecular complexity index is 317. The van der Waals surface area contributed by atoms with Gasteiger partial charge in [-0.05, 0) is 12.3 Å². The summed E-state index contributed by atoms with van der Waals surface area (Å²) in [6.45, 7) is 11.9. The van der Waals surface area contributed by atoms with E-state index in [9.17, 15) is 0 Å². The van der Waals surface area contributed by atoms with Crippen molar-refractivity contribution in [3.8, 4) is 0 Å². The van der Waals surface area contributed by atoms with Crippen LogP contribution in [-0.2, 0) is 0 Å². The second kappa shape index (κ2) is 16.2. The normalized spacial score (nSPS) is 12.2. The molecule has 126 valence electrons. The molecule has 0 aromatic rings. The van der Waals surface area contributed by atoms with Crippen LogP contribution in [0.4, 0.5) is 0 Å². The van der Waals surface area contributed by atoms with Crippen molar-refractivity contribution >= 4 is 11.9 Å². The predicted octanol–water partition coefficient (Wildman–Crippen LogP) is 6.73. The van der Waals surface area contributed by atoms with Crippen molar-refractivity contribution < 1.29 is 0 Å². The fourth-order valence-corrected chi connectivity index (χ4v) is 2.76. The SMILES string of the molecule is C=C/N=C\C(CC(CCCCCC)CCCCCC)=N/C=C. The lowest BCUT2D eigenvalue weighted by molar-refractivity contribution is 0.418. The van der Waals surface area contributed by atoms with Crippen LogP contribution in [0.2, 0.25) is 0 Å². The highest BCUT2D eigenvalue weighted by molar-refractivity contribution is 6.30. The minimum Gasteiger partial charge on any atom is -0.263 e. The van der Waals surface area contributed by atoms with Crippen LogP contribution in [-0.4, -0.2) is 11.9 Å². The van der Waals surface area contributed by atoms with Gasteiger partial charge in [-0.25, -0.2) is 0 Å². The quantitative estimate of drug-likeness (QED) is 0.236. The molecule has 0 atom stereocenters. The smallest absolute Gasteiger partial charge is 0.0588 e. The van der Waals surface area contributed by atoms with Gasteiger partial charge < -0.3 is 0 Å². The molecule has 0 bridgehead atoms. The highest BCUT2D eigenvalue weighted by Gasteiger charge is 2.11. The van der Waals surface area contributed by atoms with Crippen molar-refractivity contribution in [3.63, 3.8) is 0 Å². The molecule has 0 amide bonds. The average Bonchev–Trinajstić information content (AvgIpc) is 2.53. The summed E-state index contributed by atoms with van der Waals surface area (Å²) >= 11 is 0. The molecule has 0 unspecified atom stereocenters. The van der Waals surface area contributed by atoms with E-state index in [2.05, 4.69) is 37.0 Å². The average molecular weight is 305 g/mol. The Morgan fingerprint density at radius 1 is 0.864 bits per heavy atom. The van der Waals surface area contributed by atoms with Gasteiger partial charge in [0, 0.05) is 18.6 Å². The van der Waals surface area contributed by atoms with Crippen LogP contribution < -0.4 is 0 Å². The van der Waals surface area contributed by atoms with E-state index in [1.807, 2.05) is 6.21 Å². The van der Waals surface area contributed by atoms with Crippen molar-refractivity contribution in [2.24, 2.45) is 15.9 Å². The fraction of sp³-hybridized carbons (Fsp3) is 0.700. The predicted molar refractivity (Wildman–Crippen MR) is 102 cm³/mol. The molecule has 0 fully saturated rings. The van der Waals surface area contributed by atoms with Gasteiger partial charge in [0.2, 0.25) is 0 Å². The first kappa shape index (κ1) is 20.8. The monoisotopic (exact) mass is 304 g/mol. The van der Waals surface area contributed by atoms with Crippen LogP contribution in [0.25, 0.3) is 0 Å². The zero-order chi connectivity index (χ0) is 16.5. The van der Waals surface area contributed by atoms with Crippen molar-refractivity contribution in [1.29, 1.82) is 0 Å². The van der Waals surface area contributed by atoms with Gasteiger partial charge in [0.1, 0.15) is 0 Å². The Morgan fingerprint density at radius 2 is 1.45 bits per heavy atom. The van der Waals surface area contributed by atoms with Crippen molar-refractivity contribution in [2.75, 3.05) is 0 Å². The number of nitrogens with zero attached hydrogens (tertiary/aromatic N) is 2. The van der Waals surface area contributed by atoms with E-state index >= 15 is 0 Å². The van der Waals surface area contributed by atoms with Crippen LogP contribution in [0.5, 0.6) is 0 Å². The van der Waals surface area contributed by atoms with Crippen LogP contribution in [0.3, 0.4) is 0 Å². The number of aliphatic imine (C=N–C) groups is 2. The fourth-order valence-electron chi connectivity index (χ4n) is 2.76. The molecule has 2 nitrogen and oxygen atoms in total. The molecule has 0 aliphatic carbocycles. The third-order valence-electron chi connectivity index (χ3n) is 4.02. The molecule has 0 aromatic heterocycles. The molecule has 0 saturated carbocycles. The van der Waals surface area contributed by atoms with Gasteiger partial charge in [-0.3, -0.25) is 9.98 Å². The van der Waals surface area contributed by atoms with E-state index in [4.69, 9.17) is 0 Å². The van der Waals surface area contributed by atoms with Gasteiger partial charge in [0.15, 0.2) is 0 Å². The van der Waals surface area contributed by atoms with Crippen LogP contribution in [0, 0.1) is 5.92 Å². The summed E-state index contributed by atoms with van der Waals surface area (Å²) in [5, 5.41) is 0. The maximum absolute atomic E-state index is 4.37. The Hall–Kier alpha value is -1.18. The maximum atomic E-state index is 4.37. The second-order valence-electron chi connectivity index (χ2n) is 6.03. The lowest BCUT2D eigenvalue weighted by Crippen LogP contribution is -2.10. The number of rotatable bonds is 15. The first-order chi connectivity index (χ1) is 10.8. The van der Waals surface area contributed by atoms with Crippen molar-refractivity contribution in [2.45, 2.75) is 84.5 Å². The molecule has 0 aliphatic heterocycles. The van der Waals surface area contributed by atoms with E-state index in [1.54, 1.807) is 12.4 Å². The summed E-state index contributed by atoms with van der Waals surface area (Å²) in [5.74, 6) is 0.726. The second-order valence-corrected chi connectivity index (χ2v) is 6.03. The molecule has 0 radical (unpaired) electrons. The van der Waals surface area contributed by atoms with Gasteiger partial charge >= 0.3 is 0 Å². The Kier molecular flexibility index (Phi) is 15.3. The van der Waals surface area contributed by atoms with Crippen LogP contribution in [0.15, 0.2) is 35.5 Å². The molecule has 0 aliphatic rings. The standard InChI is InChI=1S/C20H36N2/c1-5-9-11-13-15-19(16-14-12-10-6-2)17-20(22-8-4)18-21-7-3/h7-8,18-19H,3-6,9-17H2,1-2H3/b21-18-,22-20-. The minimum absolute atomic E-state index is 0.726. The number of hydrogen-bond donors (Lipinski definition) is 0. The van der Waals surface area contributed by atoms with Crippen molar-refractivity contribution in [1.82, 2.24) is 0 Å². The summed E-state index contributed by atoms with van der Waals surface area (Å²) in [6, 6.07) is 0. The third kappa shape index (κ3) is 12.6. The third-order valence-corrected chi connectivity index (χ3v) is 4.02. The summed E-state index contributed by atoms with van der Waals surface area (Å²) in [5.41, 5.74) is 1.03. The molecule has 0 rings (SSSR count). The van der Waals surface area contributed by atoms with E-state index in [1.165, 1.54) is 64.2 Å². The first-order valence-electron chi connectivity index (χ1n) is 9.10. The lowest BCUT2D eigenvalue weighted by atomic mass is 9.90. The van der Waals surface area contributed by atoms with Gasteiger partial charge in [-0.2, -0.15) is 0 Å². The van der Waals surface area contributed by atoms with E-state index in [0.29, 0.717) is 0 Å². The largest absolute Gasteiger partial charge is 0.263 e. The first-order valence-corrected chi connectivity index (χ1v) is 9.10. The highest BCUT2D eigenvalue weighted by atomic mass is 14.7. The van der Waals surface area contributed by atoms with Crippen LogP contribution >= 0.6 is 0 Å². The summed E-state index contributed by atoms with van der Waals surface area (Å²) in [7, 11) is 0. The summed E-state index contributed by atoms with van der Waals surface area (Å²) < 4.78 is 0. The number of hydrogen-bond acceptors (Lipinski definition) is 2. The van der Waals surface area contributed by atoms with Gasteiger partial charge in [0.05, 0.1) is 5.71 Å². The van der Waals surface area contributed by atoms with E-state index < -0.39 is 0 Å². The van der Waals surface area contributed by atoms with E-state index in [-0.39, 0.29) is 0 Å².